The first-order chi connectivity index (χ1) is 9.58. The van der Waals surface area contributed by atoms with Crippen molar-refractivity contribution in [2.24, 2.45) is 0 Å². The fourth-order valence-electron chi connectivity index (χ4n) is 2.12. The van der Waals surface area contributed by atoms with Crippen molar-refractivity contribution < 1.29 is 4.79 Å². The molecule has 0 unspecified atom stereocenters. The number of H-pyrrole nitrogens is 1. The Morgan fingerprint density at radius 1 is 0.950 bits per heavy atom. The van der Waals surface area contributed by atoms with E-state index in [0.717, 1.165) is 10.9 Å². The van der Waals surface area contributed by atoms with Gasteiger partial charge in [0.15, 0.2) is 5.78 Å². The second-order valence-corrected chi connectivity index (χ2v) is 5.57. The van der Waals surface area contributed by atoms with Crippen LogP contribution in [0.3, 0.4) is 0 Å². The van der Waals surface area contributed by atoms with Crippen LogP contribution in [0.2, 0.25) is 15.1 Å². The molecule has 0 spiro atoms. The molecule has 0 atom stereocenters. The Morgan fingerprint density at radius 3 is 2.50 bits per heavy atom. The van der Waals surface area contributed by atoms with Crippen molar-refractivity contribution in [3.8, 4) is 0 Å². The van der Waals surface area contributed by atoms with Gasteiger partial charge in [-0.1, -0.05) is 46.9 Å². The van der Waals surface area contributed by atoms with Crippen LogP contribution in [-0.4, -0.2) is 10.8 Å². The summed E-state index contributed by atoms with van der Waals surface area (Å²) in [5.74, 6) is -0.166. The van der Waals surface area contributed by atoms with Crippen molar-refractivity contribution in [3.63, 3.8) is 0 Å². The summed E-state index contributed by atoms with van der Waals surface area (Å²) in [5, 5.41) is 2.17. The van der Waals surface area contributed by atoms with Crippen molar-refractivity contribution in [3.05, 3.63) is 68.8 Å². The average Bonchev–Trinajstić information content (AvgIpc) is 2.83. The quantitative estimate of drug-likeness (QED) is 0.632. The zero-order valence-electron chi connectivity index (χ0n) is 10.1. The summed E-state index contributed by atoms with van der Waals surface area (Å²) in [6.07, 6.45) is 1.64. The number of para-hydroxylation sites is 1. The molecular weight excluding hydrogens is 317 g/mol. The van der Waals surface area contributed by atoms with Gasteiger partial charge in [0.1, 0.15) is 0 Å². The fourth-order valence-corrected chi connectivity index (χ4v) is 2.85. The van der Waals surface area contributed by atoms with Crippen molar-refractivity contribution in [1.29, 1.82) is 0 Å². The molecular formula is C15H8Cl3NO. The summed E-state index contributed by atoms with van der Waals surface area (Å²) in [6.45, 7) is 0. The lowest BCUT2D eigenvalue weighted by Gasteiger charge is -2.03. The minimum absolute atomic E-state index is 0.166. The number of nitrogens with one attached hydrogen (secondary N) is 1. The van der Waals surface area contributed by atoms with E-state index >= 15 is 0 Å². The Morgan fingerprint density at radius 2 is 1.75 bits per heavy atom. The second-order valence-electron chi connectivity index (χ2n) is 4.32. The molecule has 20 heavy (non-hydrogen) atoms. The predicted octanol–water partition coefficient (Wildman–Crippen LogP) is 5.36. The molecule has 0 bridgehead atoms. The van der Waals surface area contributed by atoms with Gasteiger partial charge in [-0.05, 0) is 24.3 Å². The van der Waals surface area contributed by atoms with Gasteiger partial charge in [0.25, 0.3) is 0 Å². The van der Waals surface area contributed by atoms with E-state index in [2.05, 4.69) is 4.98 Å². The normalized spacial score (nSPS) is 10.9. The van der Waals surface area contributed by atoms with Crippen LogP contribution in [0.5, 0.6) is 0 Å². The summed E-state index contributed by atoms with van der Waals surface area (Å²) in [7, 11) is 0. The first kappa shape index (κ1) is 13.5. The highest BCUT2D eigenvalue weighted by molar-refractivity contribution is 6.38. The van der Waals surface area contributed by atoms with Crippen LogP contribution < -0.4 is 0 Å². The number of ketones is 1. The molecule has 2 aromatic carbocycles. The number of carbonyl (C=O) groups excluding carboxylic acids is 1. The van der Waals surface area contributed by atoms with Crippen molar-refractivity contribution in [2.75, 3.05) is 0 Å². The van der Waals surface area contributed by atoms with Gasteiger partial charge < -0.3 is 4.98 Å². The topological polar surface area (TPSA) is 32.9 Å². The van der Waals surface area contributed by atoms with Crippen molar-refractivity contribution in [1.82, 2.24) is 4.98 Å². The van der Waals surface area contributed by atoms with E-state index in [0.29, 0.717) is 26.2 Å². The van der Waals surface area contributed by atoms with Gasteiger partial charge in [-0.15, -0.1) is 0 Å². The van der Waals surface area contributed by atoms with E-state index in [1.54, 1.807) is 36.5 Å². The summed E-state index contributed by atoms with van der Waals surface area (Å²) < 4.78 is 0. The fraction of sp³-hybridized carbons (Fsp3) is 0. The molecule has 0 saturated heterocycles. The third-order valence-corrected chi connectivity index (χ3v) is 3.95. The smallest absolute Gasteiger partial charge is 0.196 e. The molecule has 0 radical (unpaired) electrons. The molecule has 0 aliphatic carbocycles. The molecule has 0 saturated carbocycles. The van der Waals surface area contributed by atoms with Crippen LogP contribution in [0, 0.1) is 0 Å². The Labute approximate surface area is 130 Å². The number of rotatable bonds is 2. The average molecular weight is 325 g/mol. The van der Waals surface area contributed by atoms with Crippen molar-refractivity contribution >= 4 is 51.5 Å². The minimum atomic E-state index is -0.166. The number of carbonyl (C=O) groups is 1. The highest BCUT2D eigenvalue weighted by Gasteiger charge is 2.17. The lowest BCUT2D eigenvalue weighted by molar-refractivity contribution is 0.104. The third kappa shape index (κ3) is 2.20. The number of fused-ring (bicyclic) bond motifs is 1. The molecule has 100 valence electrons. The molecule has 2 nitrogen and oxygen atoms in total. The standard InChI is InChI=1S/C15H8Cl3NO/c16-8-4-5-10(13(18)6-8)15(20)11-7-19-14-9(11)2-1-3-12(14)17/h1-7,19H. The monoisotopic (exact) mass is 323 g/mol. The molecule has 3 aromatic rings. The number of aromatic nitrogens is 1. The van der Waals surface area contributed by atoms with Crippen LogP contribution >= 0.6 is 34.8 Å². The van der Waals surface area contributed by atoms with Gasteiger partial charge >= 0.3 is 0 Å². The molecule has 0 aliphatic heterocycles. The van der Waals surface area contributed by atoms with Gasteiger partial charge in [-0.25, -0.2) is 0 Å². The molecule has 3 rings (SSSR count). The second kappa shape index (κ2) is 5.13. The molecule has 1 heterocycles. The Balaban J connectivity index is 2.16. The largest absolute Gasteiger partial charge is 0.359 e. The molecule has 0 aliphatic rings. The first-order valence-electron chi connectivity index (χ1n) is 5.83. The third-order valence-electron chi connectivity index (χ3n) is 3.09. The van der Waals surface area contributed by atoms with E-state index in [9.17, 15) is 4.79 Å². The van der Waals surface area contributed by atoms with E-state index in [4.69, 9.17) is 34.8 Å². The van der Waals surface area contributed by atoms with Crippen LogP contribution in [0.1, 0.15) is 15.9 Å². The number of aromatic amines is 1. The number of benzene rings is 2. The van der Waals surface area contributed by atoms with Gasteiger partial charge in [-0.3, -0.25) is 4.79 Å². The highest BCUT2D eigenvalue weighted by atomic mass is 35.5. The van der Waals surface area contributed by atoms with Gasteiger partial charge in [0.2, 0.25) is 0 Å². The zero-order valence-corrected chi connectivity index (χ0v) is 12.4. The van der Waals surface area contributed by atoms with Gasteiger partial charge in [0, 0.05) is 27.7 Å². The predicted molar refractivity (Wildman–Crippen MR) is 83.2 cm³/mol. The number of hydrogen-bond acceptors (Lipinski definition) is 1. The number of halogens is 3. The van der Waals surface area contributed by atoms with Crippen LogP contribution in [0.4, 0.5) is 0 Å². The van der Waals surface area contributed by atoms with Crippen LogP contribution in [-0.2, 0) is 0 Å². The maximum Gasteiger partial charge on any atom is 0.196 e. The molecule has 1 N–H and O–H groups in total. The Kier molecular flexibility index (Phi) is 3.47. The Bertz CT molecular complexity index is 823. The summed E-state index contributed by atoms with van der Waals surface area (Å²) >= 11 is 18.0. The maximum atomic E-state index is 12.6. The van der Waals surface area contributed by atoms with E-state index in [1.165, 1.54) is 0 Å². The molecule has 5 heteroatoms. The zero-order chi connectivity index (χ0) is 14.3. The Hall–Kier alpha value is -1.48. The number of hydrogen-bond donors (Lipinski definition) is 1. The lowest BCUT2D eigenvalue weighted by Crippen LogP contribution is -2.01. The molecule has 0 amide bonds. The van der Waals surface area contributed by atoms with Crippen molar-refractivity contribution in [2.45, 2.75) is 0 Å². The maximum absolute atomic E-state index is 12.6. The van der Waals surface area contributed by atoms with Crippen LogP contribution in [0.15, 0.2) is 42.6 Å². The van der Waals surface area contributed by atoms with E-state index in [1.807, 2.05) is 6.07 Å². The highest BCUT2D eigenvalue weighted by Crippen LogP contribution is 2.29. The molecule has 1 aromatic heterocycles. The van der Waals surface area contributed by atoms with Crippen LogP contribution in [0.25, 0.3) is 10.9 Å². The van der Waals surface area contributed by atoms with Gasteiger partial charge in [-0.2, -0.15) is 0 Å². The van der Waals surface area contributed by atoms with E-state index < -0.39 is 0 Å². The summed E-state index contributed by atoms with van der Waals surface area (Å²) in [6, 6.07) is 10.2. The van der Waals surface area contributed by atoms with Gasteiger partial charge in [0.05, 0.1) is 15.6 Å². The molecule has 0 fully saturated rings. The summed E-state index contributed by atoms with van der Waals surface area (Å²) in [4.78, 5) is 15.6. The SMILES string of the molecule is O=C(c1ccc(Cl)cc1Cl)c1c[nH]c2c(Cl)cccc12. The lowest BCUT2D eigenvalue weighted by atomic mass is 10.0. The van der Waals surface area contributed by atoms with E-state index in [-0.39, 0.29) is 5.78 Å². The summed E-state index contributed by atoms with van der Waals surface area (Å²) in [5.41, 5.74) is 1.69. The first-order valence-corrected chi connectivity index (χ1v) is 6.96. The minimum Gasteiger partial charge on any atom is -0.359 e.